The number of benzene rings is 1. The number of hydrogen-bond acceptors (Lipinski definition) is 4. The number of aromatic nitrogens is 1. The molecule has 90 valence electrons. The van der Waals surface area contributed by atoms with Gasteiger partial charge in [-0.25, -0.2) is 4.98 Å². The number of hydrogen-bond donors (Lipinski definition) is 1. The molecule has 0 saturated heterocycles. The number of rotatable bonds is 5. The van der Waals surface area contributed by atoms with Gasteiger partial charge in [-0.3, -0.25) is 0 Å². The molecule has 4 heteroatoms. The Bertz CT molecular complexity index is 468. The van der Waals surface area contributed by atoms with Crippen molar-refractivity contribution < 1.29 is 4.42 Å². The maximum atomic E-state index is 5.26. The van der Waals surface area contributed by atoms with Crippen LogP contribution in [-0.4, -0.2) is 11.5 Å². The first-order valence-corrected chi connectivity index (χ1v) is 6.49. The van der Waals surface area contributed by atoms with E-state index in [-0.39, 0.29) is 0 Å². The van der Waals surface area contributed by atoms with Gasteiger partial charge in [-0.1, -0.05) is 24.6 Å². The van der Waals surface area contributed by atoms with Crippen molar-refractivity contribution in [1.29, 1.82) is 0 Å². The van der Waals surface area contributed by atoms with Crippen molar-refractivity contribution in [3.8, 4) is 0 Å². The molecule has 17 heavy (non-hydrogen) atoms. The number of oxazole rings is 1. The zero-order chi connectivity index (χ0) is 12.1. The summed E-state index contributed by atoms with van der Waals surface area (Å²) in [6, 6.07) is 6.44. The van der Waals surface area contributed by atoms with E-state index in [2.05, 4.69) is 42.3 Å². The third-order valence-electron chi connectivity index (χ3n) is 2.39. The van der Waals surface area contributed by atoms with Crippen LogP contribution >= 0.6 is 11.8 Å². The quantitative estimate of drug-likeness (QED) is 0.881. The average Bonchev–Trinajstić information content (AvgIpc) is 2.82. The molecule has 2 aromatic rings. The highest BCUT2D eigenvalue weighted by Gasteiger charge is 2.07. The summed E-state index contributed by atoms with van der Waals surface area (Å²) >= 11 is 1.56. The third kappa shape index (κ3) is 3.35. The monoisotopic (exact) mass is 248 g/mol. The van der Waals surface area contributed by atoms with Gasteiger partial charge in [0.25, 0.3) is 5.22 Å². The summed E-state index contributed by atoms with van der Waals surface area (Å²) < 4.78 is 5.26. The second-order valence-electron chi connectivity index (χ2n) is 3.79. The van der Waals surface area contributed by atoms with Crippen molar-refractivity contribution in [2.75, 3.05) is 6.54 Å². The summed E-state index contributed by atoms with van der Waals surface area (Å²) in [4.78, 5) is 5.32. The Hall–Kier alpha value is -1.26. The maximum Gasteiger partial charge on any atom is 0.260 e. The second kappa shape index (κ2) is 5.89. The normalized spacial score (nSPS) is 10.7. The van der Waals surface area contributed by atoms with Gasteiger partial charge >= 0.3 is 0 Å². The van der Waals surface area contributed by atoms with Crippen LogP contribution in [0, 0.1) is 6.92 Å². The van der Waals surface area contributed by atoms with Gasteiger partial charge in [0.2, 0.25) is 0 Å². The SMILES string of the molecule is CCNCc1cc(C)ccc1Sc1ncco1. The van der Waals surface area contributed by atoms with Gasteiger partial charge < -0.3 is 9.73 Å². The van der Waals surface area contributed by atoms with Crippen molar-refractivity contribution >= 4 is 11.8 Å². The molecule has 0 radical (unpaired) electrons. The molecule has 0 amide bonds. The minimum atomic E-state index is 0.687. The molecule has 0 aliphatic carbocycles. The van der Waals surface area contributed by atoms with E-state index in [1.54, 1.807) is 24.2 Å². The van der Waals surface area contributed by atoms with E-state index in [1.165, 1.54) is 16.0 Å². The van der Waals surface area contributed by atoms with Gasteiger partial charge in [0.1, 0.15) is 6.26 Å². The van der Waals surface area contributed by atoms with Gasteiger partial charge in [-0.2, -0.15) is 0 Å². The van der Waals surface area contributed by atoms with Crippen LogP contribution in [-0.2, 0) is 6.54 Å². The van der Waals surface area contributed by atoms with Crippen LogP contribution in [0.3, 0.4) is 0 Å². The van der Waals surface area contributed by atoms with Crippen LogP contribution < -0.4 is 5.32 Å². The van der Waals surface area contributed by atoms with E-state index in [1.807, 2.05) is 0 Å². The molecule has 0 bridgehead atoms. The second-order valence-corrected chi connectivity index (χ2v) is 4.78. The summed E-state index contributed by atoms with van der Waals surface area (Å²) in [5.41, 5.74) is 2.56. The lowest BCUT2D eigenvalue weighted by Crippen LogP contribution is -2.12. The van der Waals surface area contributed by atoms with E-state index in [0.29, 0.717) is 5.22 Å². The lowest BCUT2D eigenvalue weighted by atomic mass is 10.1. The predicted octanol–water partition coefficient (Wildman–Crippen LogP) is 3.24. The van der Waals surface area contributed by atoms with Crippen LogP contribution in [0.5, 0.6) is 0 Å². The molecule has 0 saturated carbocycles. The van der Waals surface area contributed by atoms with E-state index in [4.69, 9.17) is 4.42 Å². The molecule has 1 N–H and O–H groups in total. The Morgan fingerprint density at radius 1 is 1.41 bits per heavy atom. The third-order valence-corrected chi connectivity index (χ3v) is 3.38. The van der Waals surface area contributed by atoms with Crippen molar-refractivity contribution in [3.05, 3.63) is 41.8 Å². The number of nitrogens with one attached hydrogen (secondary N) is 1. The van der Waals surface area contributed by atoms with Gasteiger partial charge in [-0.05, 0) is 36.9 Å². The van der Waals surface area contributed by atoms with Crippen LogP contribution in [0.2, 0.25) is 0 Å². The molecule has 1 aromatic heterocycles. The fourth-order valence-electron chi connectivity index (χ4n) is 1.56. The predicted molar refractivity (Wildman–Crippen MR) is 69.2 cm³/mol. The summed E-state index contributed by atoms with van der Waals surface area (Å²) in [5, 5.41) is 4.03. The van der Waals surface area contributed by atoms with Crippen molar-refractivity contribution in [1.82, 2.24) is 10.3 Å². The topological polar surface area (TPSA) is 38.1 Å². The molecule has 0 aliphatic heterocycles. The molecule has 0 aliphatic rings. The zero-order valence-electron chi connectivity index (χ0n) is 10.1. The Morgan fingerprint density at radius 3 is 3.00 bits per heavy atom. The Labute approximate surface area is 106 Å². The van der Waals surface area contributed by atoms with Crippen LogP contribution in [0.15, 0.2) is 45.2 Å². The van der Waals surface area contributed by atoms with Gasteiger partial charge in [0, 0.05) is 11.4 Å². The molecule has 2 rings (SSSR count). The molecule has 0 atom stereocenters. The first kappa shape index (κ1) is 12.2. The molecule has 1 aromatic carbocycles. The van der Waals surface area contributed by atoms with Crippen LogP contribution in [0.25, 0.3) is 0 Å². The van der Waals surface area contributed by atoms with Crippen LogP contribution in [0.4, 0.5) is 0 Å². The Kier molecular flexibility index (Phi) is 4.23. The fraction of sp³-hybridized carbons (Fsp3) is 0.308. The maximum absolute atomic E-state index is 5.26. The smallest absolute Gasteiger partial charge is 0.260 e. The fourth-order valence-corrected chi connectivity index (χ4v) is 2.36. The highest BCUT2D eigenvalue weighted by Crippen LogP contribution is 2.29. The van der Waals surface area contributed by atoms with E-state index < -0.39 is 0 Å². The van der Waals surface area contributed by atoms with Gasteiger partial charge in [-0.15, -0.1) is 0 Å². The molecule has 0 spiro atoms. The molecule has 0 unspecified atom stereocenters. The van der Waals surface area contributed by atoms with E-state index in [9.17, 15) is 0 Å². The van der Waals surface area contributed by atoms with Gasteiger partial charge in [0.15, 0.2) is 0 Å². The highest BCUT2D eigenvalue weighted by atomic mass is 32.2. The van der Waals surface area contributed by atoms with Crippen molar-refractivity contribution in [2.24, 2.45) is 0 Å². The largest absolute Gasteiger partial charge is 0.440 e. The zero-order valence-corrected chi connectivity index (χ0v) is 10.9. The van der Waals surface area contributed by atoms with E-state index >= 15 is 0 Å². The summed E-state index contributed by atoms with van der Waals surface area (Å²) in [6.45, 7) is 6.06. The van der Waals surface area contributed by atoms with Crippen LogP contribution in [0.1, 0.15) is 18.1 Å². The molecule has 0 fully saturated rings. The summed E-state index contributed by atoms with van der Waals surface area (Å²) in [7, 11) is 0. The summed E-state index contributed by atoms with van der Waals surface area (Å²) in [6.07, 6.45) is 3.26. The first-order valence-electron chi connectivity index (χ1n) is 5.67. The summed E-state index contributed by atoms with van der Waals surface area (Å²) in [5.74, 6) is 0. The Balaban J connectivity index is 2.19. The average molecular weight is 248 g/mol. The molecular weight excluding hydrogens is 232 g/mol. The lowest BCUT2D eigenvalue weighted by Gasteiger charge is -2.09. The minimum absolute atomic E-state index is 0.687. The standard InChI is InChI=1S/C13H16N2OS/c1-3-14-9-11-8-10(2)4-5-12(11)17-13-15-6-7-16-13/h4-8,14H,3,9H2,1-2H3. The van der Waals surface area contributed by atoms with Crippen molar-refractivity contribution in [2.45, 2.75) is 30.5 Å². The molecule has 1 heterocycles. The number of aryl methyl sites for hydroxylation is 1. The van der Waals surface area contributed by atoms with E-state index in [0.717, 1.165) is 13.1 Å². The number of nitrogens with zero attached hydrogens (tertiary/aromatic N) is 1. The Morgan fingerprint density at radius 2 is 2.29 bits per heavy atom. The highest BCUT2D eigenvalue weighted by molar-refractivity contribution is 7.99. The molecule has 3 nitrogen and oxygen atoms in total. The minimum Gasteiger partial charge on any atom is -0.440 e. The van der Waals surface area contributed by atoms with Crippen molar-refractivity contribution in [3.63, 3.8) is 0 Å². The first-order chi connectivity index (χ1) is 8.29. The van der Waals surface area contributed by atoms with Gasteiger partial charge in [0.05, 0.1) is 6.20 Å². The molecular formula is C13H16N2OS. The lowest BCUT2D eigenvalue weighted by molar-refractivity contribution is 0.454.